The molecule has 0 aliphatic carbocycles. The Bertz CT molecular complexity index is 441. The van der Waals surface area contributed by atoms with Crippen molar-refractivity contribution in [1.29, 1.82) is 0 Å². The number of nitrogens with one attached hydrogen (secondary N) is 1. The van der Waals surface area contributed by atoms with Gasteiger partial charge in [0.15, 0.2) is 11.6 Å². The lowest BCUT2D eigenvalue weighted by atomic mass is 10.0. The average molecular weight is 285 g/mol. The van der Waals surface area contributed by atoms with Crippen LogP contribution in [0.15, 0.2) is 12.1 Å². The highest BCUT2D eigenvalue weighted by molar-refractivity contribution is 5.28. The number of halogens is 2. The van der Waals surface area contributed by atoms with Crippen LogP contribution in [-0.2, 0) is 4.74 Å². The monoisotopic (exact) mass is 285 g/mol. The lowest BCUT2D eigenvalue weighted by molar-refractivity contribution is -0.0152. The van der Waals surface area contributed by atoms with Crippen molar-refractivity contribution in [1.82, 2.24) is 5.32 Å². The van der Waals surface area contributed by atoms with Crippen molar-refractivity contribution >= 4 is 0 Å². The third kappa shape index (κ3) is 4.84. The zero-order valence-corrected chi connectivity index (χ0v) is 13.0. The Balaban J connectivity index is 2.95. The van der Waals surface area contributed by atoms with Gasteiger partial charge in [-0.3, -0.25) is 0 Å². The van der Waals surface area contributed by atoms with Crippen LogP contribution in [0.2, 0.25) is 0 Å². The van der Waals surface area contributed by atoms with Gasteiger partial charge in [0.2, 0.25) is 0 Å². The summed E-state index contributed by atoms with van der Waals surface area (Å²) in [6, 6.07) is 2.89. The van der Waals surface area contributed by atoms with Crippen LogP contribution in [0.3, 0.4) is 0 Å². The molecule has 0 heterocycles. The molecule has 1 aromatic rings. The van der Waals surface area contributed by atoms with Gasteiger partial charge in [0.1, 0.15) is 0 Å². The van der Waals surface area contributed by atoms with E-state index in [1.165, 1.54) is 0 Å². The van der Waals surface area contributed by atoms with Gasteiger partial charge >= 0.3 is 0 Å². The van der Waals surface area contributed by atoms with Crippen LogP contribution in [0.1, 0.15) is 51.3 Å². The topological polar surface area (TPSA) is 21.3 Å². The molecule has 0 spiro atoms. The van der Waals surface area contributed by atoms with Gasteiger partial charge in [-0.1, -0.05) is 19.1 Å². The Labute approximate surface area is 120 Å². The summed E-state index contributed by atoms with van der Waals surface area (Å²) in [5.41, 5.74) is 0.328. The third-order valence-electron chi connectivity index (χ3n) is 3.00. The minimum atomic E-state index is -0.781. The normalized spacial score (nSPS) is 13.6. The zero-order valence-electron chi connectivity index (χ0n) is 13.0. The maximum Gasteiger partial charge on any atom is 0.163 e. The second kappa shape index (κ2) is 7.14. The number of benzene rings is 1. The minimum absolute atomic E-state index is 0.308. The van der Waals surface area contributed by atoms with E-state index in [0.29, 0.717) is 17.7 Å². The highest BCUT2D eigenvalue weighted by Crippen LogP contribution is 2.23. The molecular weight excluding hydrogens is 260 g/mol. The SMILES string of the molecule is CCCNC(COC(C)(C)C)c1ccc(C)c(F)c1F. The maximum absolute atomic E-state index is 14.1. The van der Waals surface area contributed by atoms with Crippen molar-refractivity contribution in [3.05, 3.63) is 34.9 Å². The predicted octanol–water partition coefficient (Wildman–Crippen LogP) is 4.13. The van der Waals surface area contributed by atoms with Gasteiger partial charge in [0.25, 0.3) is 0 Å². The summed E-state index contributed by atoms with van der Waals surface area (Å²) in [6.45, 7) is 10.4. The predicted molar refractivity (Wildman–Crippen MR) is 77.8 cm³/mol. The van der Waals surface area contributed by atoms with Crippen molar-refractivity contribution in [2.75, 3.05) is 13.2 Å². The zero-order chi connectivity index (χ0) is 15.3. The van der Waals surface area contributed by atoms with Gasteiger partial charge in [-0.05, 0) is 46.2 Å². The van der Waals surface area contributed by atoms with Crippen LogP contribution in [0, 0.1) is 18.6 Å². The summed E-state index contributed by atoms with van der Waals surface area (Å²) >= 11 is 0. The summed E-state index contributed by atoms with van der Waals surface area (Å²) in [4.78, 5) is 0. The molecule has 114 valence electrons. The number of rotatable bonds is 6. The van der Waals surface area contributed by atoms with E-state index in [9.17, 15) is 8.78 Å². The third-order valence-corrected chi connectivity index (χ3v) is 3.00. The molecule has 0 radical (unpaired) electrons. The second-order valence-corrected chi connectivity index (χ2v) is 6.03. The molecule has 0 saturated heterocycles. The van der Waals surface area contributed by atoms with Gasteiger partial charge in [0, 0.05) is 5.56 Å². The number of aryl methyl sites for hydroxylation is 1. The lowest BCUT2D eigenvalue weighted by Gasteiger charge is -2.26. The van der Waals surface area contributed by atoms with E-state index in [0.717, 1.165) is 13.0 Å². The standard InChI is InChI=1S/C16H25F2NO/c1-6-9-19-13(10-20-16(3,4)5)12-8-7-11(2)14(17)15(12)18/h7-8,13,19H,6,9-10H2,1-5H3. The van der Waals surface area contributed by atoms with Crippen molar-refractivity contribution in [2.45, 2.75) is 52.7 Å². The fourth-order valence-corrected chi connectivity index (χ4v) is 1.84. The van der Waals surface area contributed by atoms with E-state index < -0.39 is 11.6 Å². The first-order chi connectivity index (χ1) is 9.26. The van der Waals surface area contributed by atoms with Crippen molar-refractivity contribution < 1.29 is 13.5 Å². The molecule has 4 heteroatoms. The molecule has 0 aliphatic rings. The van der Waals surface area contributed by atoms with Gasteiger partial charge < -0.3 is 10.1 Å². The van der Waals surface area contributed by atoms with E-state index in [-0.39, 0.29) is 11.6 Å². The Morgan fingerprint density at radius 3 is 2.40 bits per heavy atom. The Morgan fingerprint density at radius 1 is 1.20 bits per heavy atom. The summed E-state index contributed by atoms with van der Waals surface area (Å²) in [7, 11) is 0. The van der Waals surface area contributed by atoms with E-state index in [4.69, 9.17) is 4.74 Å². The molecule has 20 heavy (non-hydrogen) atoms. The molecule has 0 amide bonds. The molecule has 1 N–H and O–H groups in total. The number of hydrogen-bond donors (Lipinski definition) is 1. The first-order valence-electron chi connectivity index (χ1n) is 7.08. The first kappa shape index (κ1) is 17.1. The Hall–Kier alpha value is -1.00. The van der Waals surface area contributed by atoms with Crippen molar-refractivity contribution in [3.63, 3.8) is 0 Å². The molecule has 0 saturated carbocycles. The average Bonchev–Trinajstić information content (AvgIpc) is 2.36. The van der Waals surface area contributed by atoms with Crippen LogP contribution in [0.4, 0.5) is 8.78 Å². The largest absolute Gasteiger partial charge is 0.374 e. The highest BCUT2D eigenvalue weighted by Gasteiger charge is 2.21. The molecule has 1 rings (SSSR count). The van der Waals surface area contributed by atoms with Crippen LogP contribution >= 0.6 is 0 Å². The summed E-state index contributed by atoms with van der Waals surface area (Å²) in [5.74, 6) is -1.56. The molecule has 1 atom stereocenters. The van der Waals surface area contributed by atoms with Gasteiger partial charge in [0.05, 0.1) is 18.2 Å². The van der Waals surface area contributed by atoms with E-state index in [2.05, 4.69) is 5.32 Å². The molecule has 0 fully saturated rings. The van der Waals surface area contributed by atoms with Crippen LogP contribution in [0.5, 0.6) is 0 Å². The Morgan fingerprint density at radius 2 is 1.85 bits per heavy atom. The first-order valence-corrected chi connectivity index (χ1v) is 7.08. The molecule has 0 aromatic heterocycles. The van der Waals surface area contributed by atoms with E-state index >= 15 is 0 Å². The molecular formula is C16H25F2NO. The summed E-state index contributed by atoms with van der Waals surface area (Å²) in [6.07, 6.45) is 0.919. The molecule has 1 unspecified atom stereocenters. The minimum Gasteiger partial charge on any atom is -0.374 e. The molecule has 0 aliphatic heterocycles. The molecule has 0 bridgehead atoms. The number of ether oxygens (including phenoxy) is 1. The van der Waals surface area contributed by atoms with Crippen LogP contribution < -0.4 is 5.32 Å². The van der Waals surface area contributed by atoms with Gasteiger partial charge in [-0.15, -0.1) is 0 Å². The van der Waals surface area contributed by atoms with Crippen LogP contribution in [0.25, 0.3) is 0 Å². The molecule has 2 nitrogen and oxygen atoms in total. The maximum atomic E-state index is 14.1. The smallest absolute Gasteiger partial charge is 0.163 e. The van der Waals surface area contributed by atoms with Gasteiger partial charge in [-0.25, -0.2) is 8.78 Å². The van der Waals surface area contributed by atoms with Crippen molar-refractivity contribution in [2.24, 2.45) is 0 Å². The van der Waals surface area contributed by atoms with E-state index in [1.54, 1.807) is 19.1 Å². The highest BCUT2D eigenvalue weighted by atomic mass is 19.2. The number of hydrogen-bond acceptors (Lipinski definition) is 2. The lowest BCUT2D eigenvalue weighted by Crippen LogP contribution is -2.31. The quantitative estimate of drug-likeness (QED) is 0.848. The van der Waals surface area contributed by atoms with Crippen LogP contribution in [-0.4, -0.2) is 18.8 Å². The Kier molecular flexibility index (Phi) is 6.08. The summed E-state index contributed by atoms with van der Waals surface area (Å²) < 4.78 is 33.5. The van der Waals surface area contributed by atoms with Crippen molar-refractivity contribution in [3.8, 4) is 0 Å². The van der Waals surface area contributed by atoms with Gasteiger partial charge in [-0.2, -0.15) is 0 Å². The second-order valence-electron chi connectivity index (χ2n) is 6.03. The van der Waals surface area contributed by atoms with E-state index in [1.807, 2.05) is 27.7 Å². The fourth-order valence-electron chi connectivity index (χ4n) is 1.84. The summed E-state index contributed by atoms with van der Waals surface area (Å²) in [5, 5.41) is 3.21. The molecule has 1 aromatic carbocycles. The fraction of sp³-hybridized carbons (Fsp3) is 0.625.